The minimum absolute atomic E-state index is 0.147. The van der Waals surface area contributed by atoms with E-state index in [9.17, 15) is 14.0 Å². The standard InChI is InChI=1S/C20H23FN2O3/c1-12(2)18(20(25)22-17-11-15(21)8-5-13(17)3)23-19(24)14-6-9-16(26-4)10-7-14/h5-12,18H,1-4H3,(H,22,25)(H,23,24)/t18-/m0/s1. The zero-order chi connectivity index (χ0) is 19.3. The summed E-state index contributed by atoms with van der Waals surface area (Å²) in [5.74, 6) is -0.699. The molecule has 0 aliphatic heterocycles. The highest BCUT2D eigenvalue weighted by atomic mass is 19.1. The molecule has 0 aliphatic carbocycles. The van der Waals surface area contributed by atoms with Crippen molar-refractivity contribution in [2.45, 2.75) is 26.8 Å². The molecule has 0 heterocycles. The monoisotopic (exact) mass is 358 g/mol. The van der Waals surface area contributed by atoms with Gasteiger partial charge in [-0.15, -0.1) is 0 Å². The average molecular weight is 358 g/mol. The van der Waals surface area contributed by atoms with Crippen LogP contribution in [0, 0.1) is 18.7 Å². The molecule has 0 radical (unpaired) electrons. The summed E-state index contributed by atoms with van der Waals surface area (Å²) < 4.78 is 18.5. The quantitative estimate of drug-likeness (QED) is 0.830. The molecule has 5 nitrogen and oxygen atoms in total. The second-order valence-corrected chi connectivity index (χ2v) is 6.37. The highest BCUT2D eigenvalue weighted by molar-refractivity contribution is 6.01. The van der Waals surface area contributed by atoms with Crippen LogP contribution in [0.25, 0.3) is 0 Å². The van der Waals surface area contributed by atoms with Crippen LogP contribution in [0.15, 0.2) is 42.5 Å². The van der Waals surface area contributed by atoms with Crippen molar-refractivity contribution >= 4 is 17.5 Å². The molecule has 2 amide bonds. The summed E-state index contributed by atoms with van der Waals surface area (Å²) in [4.78, 5) is 25.1. The van der Waals surface area contributed by atoms with Crippen molar-refractivity contribution in [1.82, 2.24) is 5.32 Å². The van der Waals surface area contributed by atoms with Gasteiger partial charge in [0, 0.05) is 11.3 Å². The third-order valence-electron chi connectivity index (χ3n) is 4.05. The number of halogens is 1. The Morgan fingerprint density at radius 2 is 1.73 bits per heavy atom. The molecule has 26 heavy (non-hydrogen) atoms. The first kappa shape index (κ1) is 19.4. The Morgan fingerprint density at radius 3 is 2.31 bits per heavy atom. The molecule has 2 aromatic rings. The third-order valence-corrected chi connectivity index (χ3v) is 4.05. The van der Waals surface area contributed by atoms with Crippen LogP contribution in [0.1, 0.15) is 29.8 Å². The molecule has 2 N–H and O–H groups in total. The van der Waals surface area contributed by atoms with E-state index in [-0.39, 0.29) is 11.8 Å². The highest BCUT2D eigenvalue weighted by Gasteiger charge is 2.25. The Hall–Kier alpha value is -2.89. The Labute approximate surface area is 152 Å². The van der Waals surface area contributed by atoms with E-state index in [1.807, 2.05) is 13.8 Å². The number of methoxy groups -OCH3 is 1. The van der Waals surface area contributed by atoms with Gasteiger partial charge >= 0.3 is 0 Å². The molecule has 0 saturated heterocycles. The van der Waals surface area contributed by atoms with E-state index in [2.05, 4.69) is 10.6 Å². The predicted molar refractivity (Wildman–Crippen MR) is 98.9 cm³/mol. The fraction of sp³-hybridized carbons (Fsp3) is 0.300. The van der Waals surface area contributed by atoms with Crippen molar-refractivity contribution in [2.75, 3.05) is 12.4 Å². The van der Waals surface area contributed by atoms with Gasteiger partial charge in [0.1, 0.15) is 17.6 Å². The van der Waals surface area contributed by atoms with Crippen LogP contribution in [0.3, 0.4) is 0 Å². The molecule has 138 valence electrons. The van der Waals surface area contributed by atoms with Gasteiger partial charge < -0.3 is 15.4 Å². The Morgan fingerprint density at radius 1 is 1.08 bits per heavy atom. The number of nitrogens with one attached hydrogen (secondary N) is 2. The molecule has 0 aliphatic rings. The van der Waals surface area contributed by atoms with Crippen molar-refractivity contribution < 1.29 is 18.7 Å². The molecule has 2 rings (SSSR count). The summed E-state index contributed by atoms with van der Waals surface area (Å²) in [5, 5.41) is 5.43. The summed E-state index contributed by atoms with van der Waals surface area (Å²) in [7, 11) is 1.54. The number of rotatable bonds is 6. The average Bonchev–Trinajstić information content (AvgIpc) is 2.62. The van der Waals surface area contributed by atoms with Gasteiger partial charge in [-0.25, -0.2) is 4.39 Å². The summed E-state index contributed by atoms with van der Waals surface area (Å²) in [6.45, 7) is 5.43. The SMILES string of the molecule is COc1ccc(C(=O)N[C@H](C(=O)Nc2cc(F)ccc2C)C(C)C)cc1. The zero-order valence-electron chi connectivity index (χ0n) is 15.3. The Kier molecular flexibility index (Phi) is 6.33. The number of aryl methyl sites for hydroxylation is 1. The van der Waals surface area contributed by atoms with Gasteiger partial charge in [0.2, 0.25) is 5.91 Å². The number of amides is 2. The van der Waals surface area contributed by atoms with Crippen LogP contribution in [0.2, 0.25) is 0 Å². The Balaban J connectivity index is 2.13. The molecule has 1 atom stereocenters. The fourth-order valence-corrected chi connectivity index (χ4v) is 2.44. The number of ether oxygens (including phenoxy) is 1. The lowest BCUT2D eigenvalue weighted by Crippen LogP contribution is -2.47. The van der Waals surface area contributed by atoms with Gasteiger partial charge in [0.05, 0.1) is 7.11 Å². The highest BCUT2D eigenvalue weighted by Crippen LogP contribution is 2.18. The van der Waals surface area contributed by atoms with E-state index in [0.29, 0.717) is 17.0 Å². The van der Waals surface area contributed by atoms with Crippen molar-refractivity contribution in [3.05, 3.63) is 59.4 Å². The van der Waals surface area contributed by atoms with Gasteiger partial charge in [-0.2, -0.15) is 0 Å². The molecule has 0 bridgehead atoms. The molecule has 0 spiro atoms. The maximum atomic E-state index is 13.4. The first-order valence-electron chi connectivity index (χ1n) is 8.33. The lowest BCUT2D eigenvalue weighted by Gasteiger charge is -2.22. The van der Waals surface area contributed by atoms with E-state index in [0.717, 1.165) is 5.56 Å². The third kappa shape index (κ3) is 4.81. The molecule has 0 unspecified atom stereocenters. The van der Waals surface area contributed by atoms with Crippen molar-refractivity contribution in [3.63, 3.8) is 0 Å². The number of benzene rings is 2. The molecule has 0 saturated carbocycles. The second-order valence-electron chi connectivity index (χ2n) is 6.37. The second kappa shape index (κ2) is 8.47. The molecule has 0 fully saturated rings. The molecule has 6 heteroatoms. The zero-order valence-corrected chi connectivity index (χ0v) is 15.3. The lowest BCUT2D eigenvalue weighted by molar-refractivity contribution is -0.118. The van der Waals surface area contributed by atoms with Gasteiger partial charge in [0.15, 0.2) is 0 Å². The first-order chi connectivity index (χ1) is 12.3. The van der Waals surface area contributed by atoms with E-state index >= 15 is 0 Å². The van der Waals surface area contributed by atoms with Gasteiger partial charge in [-0.05, 0) is 54.8 Å². The number of carbonyl (C=O) groups excluding carboxylic acids is 2. The number of hydrogen-bond donors (Lipinski definition) is 2. The van der Waals surface area contributed by atoms with Crippen LogP contribution >= 0.6 is 0 Å². The van der Waals surface area contributed by atoms with Gasteiger partial charge in [-0.1, -0.05) is 19.9 Å². The van der Waals surface area contributed by atoms with Crippen LogP contribution in [0.4, 0.5) is 10.1 Å². The number of carbonyl (C=O) groups is 2. The van der Waals surface area contributed by atoms with E-state index < -0.39 is 17.8 Å². The Bertz CT molecular complexity index is 788. The minimum atomic E-state index is -0.757. The maximum Gasteiger partial charge on any atom is 0.251 e. The van der Waals surface area contributed by atoms with E-state index in [1.54, 1.807) is 44.4 Å². The molecular formula is C20H23FN2O3. The van der Waals surface area contributed by atoms with Crippen LogP contribution in [0.5, 0.6) is 5.75 Å². The van der Waals surface area contributed by atoms with E-state index in [1.165, 1.54) is 12.1 Å². The number of anilines is 1. The van der Waals surface area contributed by atoms with Crippen LogP contribution in [-0.2, 0) is 4.79 Å². The van der Waals surface area contributed by atoms with Gasteiger partial charge in [0.25, 0.3) is 5.91 Å². The van der Waals surface area contributed by atoms with Crippen LogP contribution < -0.4 is 15.4 Å². The summed E-state index contributed by atoms with van der Waals surface area (Å²) in [6, 6.07) is 10.0. The maximum absolute atomic E-state index is 13.4. The smallest absolute Gasteiger partial charge is 0.251 e. The summed E-state index contributed by atoms with van der Waals surface area (Å²) in [6.07, 6.45) is 0. The van der Waals surface area contributed by atoms with Crippen molar-refractivity contribution in [3.8, 4) is 5.75 Å². The van der Waals surface area contributed by atoms with Crippen molar-refractivity contribution in [2.24, 2.45) is 5.92 Å². The van der Waals surface area contributed by atoms with E-state index in [4.69, 9.17) is 4.74 Å². The van der Waals surface area contributed by atoms with Crippen LogP contribution in [-0.4, -0.2) is 25.0 Å². The fourth-order valence-electron chi connectivity index (χ4n) is 2.44. The number of hydrogen-bond acceptors (Lipinski definition) is 3. The first-order valence-corrected chi connectivity index (χ1v) is 8.33. The predicted octanol–water partition coefficient (Wildman–Crippen LogP) is 3.54. The lowest BCUT2D eigenvalue weighted by atomic mass is 10.0. The van der Waals surface area contributed by atoms with Gasteiger partial charge in [-0.3, -0.25) is 9.59 Å². The minimum Gasteiger partial charge on any atom is -0.497 e. The molecule has 0 aromatic heterocycles. The van der Waals surface area contributed by atoms with Crippen molar-refractivity contribution in [1.29, 1.82) is 0 Å². The topological polar surface area (TPSA) is 67.4 Å². The summed E-state index contributed by atoms with van der Waals surface area (Å²) in [5.41, 5.74) is 1.55. The molecule has 2 aromatic carbocycles. The molecular weight excluding hydrogens is 335 g/mol. The largest absolute Gasteiger partial charge is 0.497 e. The summed E-state index contributed by atoms with van der Waals surface area (Å²) >= 11 is 0. The normalized spacial score (nSPS) is 11.8.